The van der Waals surface area contributed by atoms with Gasteiger partial charge in [-0.2, -0.15) is 5.10 Å². The molecule has 0 aliphatic carbocycles. The van der Waals surface area contributed by atoms with E-state index in [0.717, 1.165) is 6.07 Å². The van der Waals surface area contributed by atoms with E-state index in [1.807, 2.05) is 6.07 Å². The molecule has 2 aromatic carbocycles. The fourth-order valence-electron chi connectivity index (χ4n) is 2.80. The summed E-state index contributed by atoms with van der Waals surface area (Å²) >= 11 is 0. The van der Waals surface area contributed by atoms with Crippen molar-refractivity contribution in [3.63, 3.8) is 0 Å². The number of nitro benzene ring substituents is 1. The Hall–Kier alpha value is -4.48. The average Bonchev–Trinajstić information content (AvgIpc) is 3.22. The lowest BCUT2D eigenvalue weighted by Gasteiger charge is -2.10. The Labute approximate surface area is 181 Å². The second-order valence-corrected chi connectivity index (χ2v) is 6.47. The molecule has 1 aromatic heterocycles. The van der Waals surface area contributed by atoms with Crippen LogP contribution in [0.5, 0.6) is 5.75 Å². The molecule has 0 aliphatic heterocycles. The van der Waals surface area contributed by atoms with E-state index in [0.29, 0.717) is 10.9 Å². The number of aromatic amines is 1. The normalized spacial score (nSPS) is 10.4. The summed E-state index contributed by atoms with van der Waals surface area (Å²) in [5.41, 5.74) is 0.923. The van der Waals surface area contributed by atoms with Crippen LogP contribution in [0, 0.1) is 10.1 Å². The van der Waals surface area contributed by atoms with Crippen LogP contribution in [-0.4, -0.2) is 53.2 Å². The summed E-state index contributed by atoms with van der Waals surface area (Å²) in [6, 6.07) is 10.8. The molecular formula is C20H19N5O7. The summed E-state index contributed by atoms with van der Waals surface area (Å²) in [5, 5.41) is 23.2. The standard InChI is InChI=1S/C20H19N5O7/c1-31-16-10-12(25(29)30)6-7-15(16)22-17(26)11-32-18(27)8-9-21-20(28)19-13-4-2-3-5-14(13)23-24-19/h2-7,10H,8-9,11H2,1H3,(H,21,28)(H,22,26)(H,23,24). The molecule has 3 N–H and O–H groups in total. The van der Waals surface area contributed by atoms with Crippen molar-refractivity contribution in [3.05, 3.63) is 58.3 Å². The Morgan fingerprint density at radius 3 is 2.72 bits per heavy atom. The molecule has 0 saturated carbocycles. The Morgan fingerprint density at radius 1 is 1.19 bits per heavy atom. The number of para-hydroxylation sites is 1. The molecule has 0 atom stereocenters. The van der Waals surface area contributed by atoms with Crippen LogP contribution in [0.2, 0.25) is 0 Å². The highest BCUT2D eigenvalue weighted by molar-refractivity contribution is 6.04. The van der Waals surface area contributed by atoms with E-state index >= 15 is 0 Å². The largest absolute Gasteiger partial charge is 0.494 e. The molecule has 0 aliphatic rings. The minimum Gasteiger partial charge on any atom is -0.494 e. The first-order valence-corrected chi connectivity index (χ1v) is 9.38. The number of hydrogen-bond acceptors (Lipinski definition) is 8. The number of carbonyl (C=O) groups is 3. The number of nitrogens with one attached hydrogen (secondary N) is 3. The number of nitro groups is 1. The van der Waals surface area contributed by atoms with Gasteiger partial charge in [0.05, 0.1) is 35.7 Å². The maximum atomic E-state index is 12.2. The Kier molecular flexibility index (Phi) is 6.95. The highest BCUT2D eigenvalue weighted by Gasteiger charge is 2.16. The van der Waals surface area contributed by atoms with Crippen LogP contribution in [0.4, 0.5) is 11.4 Å². The Bertz CT molecular complexity index is 1170. The third-order valence-electron chi connectivity index (χ3n) is 4.33. The smallest absolute Gasteiger partial charge is 0.308 e. The van der Waals surface area contributed by atoms with Gasteiger partial charge < -0.3 is 20.1 Å². The molecule has 0 bridgehead atoms. The van der Waals surface area contributed by atoms with Crippen LogP contribution in [0.25, 0.3) is 10.9 Å². The molecule has 12 nitrogen and oxygen atoms in total. The molecule has 3 rings (SSSR count). The number of methoxy groups -OCH3 is 1. The fraction of sp³-hybridized carbons (Fsp3) is 0.200. The van der Waals surface area contributed by atoms with E-state index in [-0.39, 0.29) is 35.8 Å². The highest BCUT2D eigenvalue weighted by atomic mass is 16.6. The lowest BCUT2D eigenvalue weighted by molar-refractivity contribution is -0.384. The topological polar surface area (TPSA) is 166 Å². The number of anilines is 1. The van der Waals surface area contributed by atoms with Gasteiger partial charge in [-0.25, -0.2) is 0 Å². The summed E-state index contributed by atoms with van der Waals surface area (Å²) in [4.78, 5) is 46.3. The van der Waals surface area contributed by atoms with Crippen molar-refractivity contribution in [3.8, 4) is 5.75 Å². The quantitative estimate of drug-likeness (QED) is 0.257. The molecule has 0 fully saturated rings. The van der Waals surface area contributed by atoms with Crippen LogP contribution in [0.3, 0.4) is 0 Å². The number of fused-ring (bicyclic) bond motifs is 1. The molecule has 0 saturated heterocycles. The minimum absolute atomic E-state index is 0.00333. The lowest BCUT2D eigenvalue weighted by atomic mass is 10.2. The third-order valence-corrected chi connectivity index (χ3v) is 4.33. The predicted octanol–water partition coefficient (Wildman–Crippen LogP) is 1.78. The molecule has 1 heterocycles. The number of esters is 1. The molecule has 0 unspecified atom stereocenters. The number of nitrogens with zero attached hydrogens (tertiary/aromatic N) is 2. The van der Waals surface area contributed by atoms with Gasteiger partial charge in [-0.3, -0.25) is 29.6 Å². The van der Waals surface area contributed by atoms with Crippen LogP contribution >= 0.6 is 0 Å². The number of aromatic nitrogens is 2. The van der Waals surface area contributed by atoms with Crippen molar-refractivity contribution in [2.45, 2.75) is 6.42 Å². The molecule has 0 spiro atoms. The molecule has 0 radical (unpaired) electrons. The maximum Gasteiger partial charge on any atom is 0.308 e. The SMILES string of the molecule is COc1cc([N+](=O)[O-])ccc1NC(=O)COC(=O)CCNC(=O)c1n[nH]c2ccccc12. The molecule has 12 heteroatoms. The van der Waals surface area contributed by atoms with Crippen molar-refractivity contribution < 1.29 is 28.8 Å². The van der Waals surface area contributed by atoms with Gasteiger partial charge >= 0.3 is 5.97 Å². The van der Waals surface area contributed by atoms with Crippen molar-refractivity contribution in [2.75, 3.05) is 25.6 Å². The summed E-state index contributed by atoms with van der Waals surface area (Å²) in [7, 11) is 1.30. The molecule has 3 aromatic rings. The lowest BCUT2D eigenvalue weighted by Crippen LogP contribution is -2.28. The molecule has 32 heavy (non-hydrogen) atoms. The number of hydrogen-bond donors (Lipinski definition) is 3. The first kappa shape index (κ1) is 22.2. The predicted molar refractivity (Wildman–Crippen MR) is 112 cm³/mol. The van der Waals surface area contributed by atoms with Gasteiger partial charge in [0.25, 0.3) is 17.5 Å². The van der Waals surface area contributed by atoms with Gasteiger partial charge in [0.1, 0.15) is 5.75 Å². The zero-order chi connectivity index (χ0) is 23.1. The van der Waals surface area contributed by atoms with Gasteiger partial charge in [-0.1, -0.05) is 18.2 Å². The van der Waals surface area contributed by atoms with E-state index in [1.165, 1.54) is 19.2 Å². The number of benzene rings is 2. The third kappa shape index (κ3) is 5.36. The summed E-state index contributed by atoms with van der Waals surface area (Å²) in [6.45, 7) is -0.576. The van der Waals surface area contributed by atoms with Crippen molar-refractivity contribution in [2.24, 2.45) is 0 Å². The number of non-ortho nitro benzene ring substituents is 1. The number of H-pyrrole nitrogens is 1. The Morgan fingerprint density at radius 2 is 1.97 bits per heavy atom. The average molecular weight is 441 g/mol. The Balaban J connectivity index is 1.43. The molecule has 2 amide bonds. The summed E-state index contributed by atoms with van der Waals surface area (Å²) in [5.74, 6) is -1.70. The minimum atomic E-state index is -0.692. The zero-order valence-corrected chi connectivity index (χ0v) is 16.9. The van der Waals surface area contributed by atoms with E-state index < -0.39 is 29.3 Å². The second-order valence-electron chi connectivity index (χ2n) is 6.47. The second kappa shape index (κ2) is 10.0. The van der Waals surface area contributed by atoms with Gasteiger partial charge in [0.2, 0.25) is 0 Å². The van der Waals surface area contributed by atoms with Crippen LogP contribution in [-0.2, 0) is 14.3 Å². The van der Waals surface area contributed by atoms with Crippen LogP contribution in [0.1, 0.15) is 16.9 Å². The van der Waals surface area contributed by atoms with E-state index in [1.54, 1.807) is 18.2 Å². The van der Waals surface area contributed by atoms with Gasteiger partial charge in [0.15, 0.2) is 12.3 Å². The molecular weight excluding hydrogens is 422 g/mol. The first-order valence-electron chi connectivity index (χ1n) is 9.38. The number of amides is 2. The van der Waals surface area contributed by atoms with Gasteiger partial charge in [-0.15, -0.1) is 0 Å². The van der Waals surface area contributed by atoms with Crippen LogP contribution < -0.4 is 15.4 Å². The monoisotopic (exact) mass is 441 g/mol. The maximum absolute atomic E-state index is 12.2. The van der Waals surface area contributed by atoms with Crippen molar-refractivity contribution in [1.82, 2.24) is 15.5 Å². The number of carbonyl (C=O) groups excluding carboxylic acids is 3. The zero-order valence-electron chi connectivity index (χ0n) is 16.9. The van der Waals surface area contributed by atoms with Crippen LogP contribution in [0.15, 0.2) is 42.5 Å². The fourth-order valence-corrected chi connectivity index (χ4v) is 2.80. The van der Waals surface area contributed by atoms with E-state index in [2.05, 4.69) is 20.8 Å². The van der Waals surface area contributed by atoms with Crippen molar-refractivity contribution >= 4 is 40.1 Å². The van der Waals surface area contributed by atoms with Crippen molar-refractivity contribution in [1.29, 1.82) is 0 Å². The summed E-state index contributed by atoms with van der Waals surface area (Å²) in [6.07, 6.45) is -0.151. The highest BCUT2D eigenvalue weighted by Crippen LogP contribution is 2.28. The van der Waals surface area contributed by atoms with Gasteiger partial charge in [-0.05, 0) is 12.1 Å². The van der Waals surface area contributed by atoms with Gasteiger partial charge in [0, 0.05) is 18.0 Å². The number of ether oxygens (including phenoxy) is 2. The van der Waals surface area contributed by atoms with E-state index in [4.69, 9.17) is 9.47 Å². The number of rotatable bonds is 9. The summed E-state index contributed by atoms with van der Waals surface area (Å²) < 4.78 is 9.90. The van der Waals surface area contributed by atoms with E-state index in [9.17, 15) is 24.5 Å². The molecule has 166 valence electrons. The first-order chi connectivity index (χ1) is 15.4.